The Hall–Kier alpha value is -1.49. The van der Waals surface area contributed by atoms with Crippen LogP contribution in [0, 0.1) is 19.8 Å². The lowest BCUT2D eigenvalue weighted by Crippen LogP contribution is -2.15. The topological polar surface area (TPSA) is 72.3 Å². The molecule has 0 aliphatic carbocycles. The molecule has 0 aromatic carbocycles. The molecule has 0 radical (unpaired) electrons. The summed E-state index contributed by atoms with van der Waals surface area (Å²) < 4.78 is 4.98. The Kier molecular flexibility index (Phi) is 4.57. The predicted octanol–water partition coefficient (Wildman–Crippen LogP) is 1.50. The Labute approximate surface area is 101 Å². The van der Waals surface area contributed by atoms with Crippen molar-refractivity contribution in [3.05, 3.63) is 22.8 Å². The van der Waals surface area contributed by atoms with Gasteiger partial charge >= 0.3 is 5.97 Å². The van der Waals surface area contributed by atoms with Crippen molar-refractivity contribution in [2.75, 3.05) is 7.11 Å². The largest absolute Gasteiger partial charge is 0.481 e. The lowest BCUT2D eigenvalue weighted by atomic mass is 9.99. The second kappa shape index (κ2) is 5.72. The van der Waals surface area contributed by atoms with E-state index < -0.39 is 11.9 Å². The average Bonchev–Trinajstić information content (AvgIpc) is 2.23. The highest BCUT2D eigenvalue weighted by Gasteiger charge is 2.16. The van der Waals surface area contributed by atoms with Crippen LogP contribution < -0.4 is 0 Å². The van der Waals surface area contributed by atoms with E-state index in [1.165, 1.54) is 0 Å². The van der Waals surface area contributed by atoms with E-state index in [2.05, 4.69) is 9.97 Å². The number of hydrogen-bond acceptors (Lipinski definition) is 4. The second-order valence-electron chi connectivity index (χ2n) is 4.17. The van der Waals surface area contributed by atoms with E-state index in [-0.39, 0.29) is 0 Å². The predicted molar refractivity (Wildman–Crippen MR) is 62.7 cm³/mol. The summed E-state index contributed by atoms with van der Waals surface area (Å²) in [5.41, 5.74) is 2.58. The minimum atomic E-state index is -0.801. The van der Waals surface area contributed by atoms with E-state index in [9.17, 15) is 4.79 Å². The van der Waals surface area contributed by atoms with Crippen LogP contribution in [0.2, 0.25) is 0 Å². The van der Waals surface area contributed by atoms with Gasteiger partial charge in [0.1, 0.15) is 6.61 Å². The smallest absolute Gasteiger partial charge is 0.306 e. The summed E-state index contributed by atoms with van der Waals surface area (Å²) in [5.74, 6) is -0.594. The van der Waals surface area contributed by atoms with Gasteiger partial charge in [0.15, 0.2) is 5.82 Å². The van der Waals surface area contributed by atoms with Gasteiger partial charge in [0.2, 0.25) is 0 Å². The molecule has 1 unspecified atom stereocenters. The first kappa shape index (κ1) is 13.6. The zero-order valence-corrected chi connectivity index (χ0v) is 10.6. The highest BCUT2D eigenvalue weighted by atomic mass is 16.5. The molecule has 5 heteroatoms. The first-order valence-electron chi connectivity index (χ1n) is 5.50. The molecule has 0 aliphatic rings. The summed E-state index contributed by atoms with van der Waals surface area (Å²) in [4.78, 5) is 19.4. The molecule has 0 saturated heterocycles. The Morgan fingerprint density at radius 2 is 1.88 bits per heavy atom. The maximum absolute atomic E-state index is 10.8. The van der Waals surface area contributed by atoms with E-state index >= 15 is 0 Å². The Bertz CT molecular complexity index is 395. The molecular formula is C12H18N2O3. The number of aliphatic carboxylic acids is 1. The van der Waals surface area contributed by atoms with Gasteiger partial charge in [-0.05, 0) is 25.8 Å². The van der Waals surface area contributed by atoms with Crippen LogP contribution in [-0.4, -0.2) is 28.2 Å². The van der Waals surface area contributed by atoms with Gasteiger partial charge in [0.25, 0.3) is 0 Å². The van der Waals surface area contributed by atoms with Crippen molar-refractivity contribution in [3.63, 3.8) is 0 Å². The van der Waals surface area contributed by atoms with Gasteiger partial charge < -0.3 is 9.84 Å². The van der Waals surface area contributed by atoms with Crippen molar-refractivity contribution in [1.82, 2.24) is 9.97 Å². The number of rotatable bonds is 5. The lowest BCUT2D eigenvalue weighted by molar-refractivity contribution is -0.141. The van der Waals surface area contributed by atoms with Crippen LogP contribution in [0.15, 0.2) is 0 Å². The minimum absolute atomic E-state index is 0.371. The number of aryl methyl sites for hydroxylation is 2. The number of nitrogens with zero attached hydrogens (tertiary/aromatic N) is 2. The van der Waals surface area contributed by atoms with Crippen molar-refractivity contribution in [2.24, 2.45) is 5.92 Å². The Morgan fingerprint density at radius 3 is 2.29 bits per heavy atom. The lowest BCUT2D eigenvalue weighted by Gasteiger charge is -2.12. The summed E-state index contributed by atoms with van der Waals surface area (Å²) in [6.45, 7) is 5.80. The Balaban J connectivity index is 2.97. The highest BCUT2D eigenvalue weighted by molar-refractivity contribution is 5.70. The maximum Gasteiger partial charge on any atom is 0.306 e. The van der Waals surface area contributed by atoms with E-state index in [0.717, 1.165) is 17.0 Å². The summed E-state index contributed by atoms with van der Waals surface area (Å²) in [6.07, 6.45) is 0.459. The number of carbonyl (C=O) groups is 1. The molecule has 0 saturated carbocycles. The van der Waals surface area contributed by atoms with Crippen LogP contribution in [-0.2, 0) is 22.6 Å². The van der Waals surface area contributed by atoms with Crippen molar-refractivity contribution >= 4 is 5.97 Å². The summed E-state index contributed by atoms with van der Waals surface area (Å²) in [6, 6.07) is 0. The number of carboxylic acid groups (broad SMARTS) is 1. The summed E-state index contributed by atoms with van der Waals surface area (Å²) in [7, 11) is 1.59. The van der Waals surface area contributed by atoms with Gasteiger partial charge in [-0.25, -0.2) is 9.97 Å². The number of hydrogen-bond donors (Lipinski definition) is 1. The number of carboxylic acids is 1. The number of methoxy groups -OCH3 is 1. The van der Waals surface area contributed by atoms with Gasteiger partial charge in [-0.15, -0.1) is 0 Å². The fourth-order valence-corrected chi connectivity index (χ4v) is 1.69. The van der Waals surface area contributed by atoms with Crippen LogP contribution in [0.25, 0.3) is 0 Å². The van der Waals surface area contributed by atoms with Gasteiger partial charge in [-0.1, -0.05) is 6.92 Å². The zero-order valence-electron chi connectivity index (χ0n) is 10.6. The van der Waals surface area contributed by atoms with E-state index in [4.69, 9.17) is 9.84 Å². The van der Waals surface area contributed by atoms with Gasteiger partial charge in [0, 0.05) is 18.5 Å². The van der Waals surface area contributed by atoms with Crippen LogP contribution in [0.5, 0.6) is 0 Å². The molecule has 1 rings (SSSR count). The second-order valence-corrected chi connectivity index (χ2v) is 4.17. The number of aromatic nitrogens is 2. The standard InChI is InChI=1S/C12H18N2O3/c1-7(12(15)16)5-10-8(2)13-11(6-17-4)14-9(10)3/h7H,5-6H2,1-4H3,(H,15,16). The molecule has 0 aliphatic heterocycles. The van der Waals surface area contributed by atoms with Gasteiger partial charge in [0.05, 0.1) is 5.92 Å². The van der Waals surface area contributed by atoms with Crippen molar-refractivity contribution < 1.29 is 14.6 Å². The van der Waals surface area contributed by atoms with Crippen LogP contribution >= 0.6 is 0 Å². The molecule has 0 bridgehead atoms. The molecular weight excluding hydrogens is 220 g/mol. The van der Waals surface area contributed by atoms with Gasteiger partial charge in [-0.3, -0.25) is 4.79 Å². The number of ether oxygens (including phenoxy) is 1. The van der Waals surface area contributed by atoms with E-state index in [1.807, 2.05) is 13.8 Å². The third-order valence-electron chi connectivity index (χ3n) is 2.67. The SMILES string of the molecule is COCc1nc(C)c(CC(C)C(=O)O)c(C)n1. The van der Waals surface area contributed by atoms with E-state index in [0.29, 0.717) is 18.9 Å². The fourth-order valence-electron chi connectivity index (χ4n) is 1.69. The molecule has 0 fully saturated rings. The third kappa shape index (κ3) is 3.49. The van der Waals surface area contributed by atoms with Gasteiger partial charge in [-0.2, -0.15) is 0 Å². The average molecular weight is 238 g/mol. The Morgan fingerprint density at radius 1 is 1.35 bits per heavy atom. The summed E-state index contributed by atoms with van der Waals surface area (Å²) in [5, 5.41) is 8.90. The normalized spacial score (nSPS) is 12.5. The van der Waals surface area contributed by atoms with Crippen LogP contribution in [0.1, 0.15) is 29.7 Å². The molecule has 1 aromatic heterocycles. The molecule has 94 valence electrons. The molecule has 1 atom stereocenters. The van der Waals surface area contributed by atoms with Crippen molar-refractivity contribution in [1.29, 1.82) is 0 Å². The fraction of sp³-hybridized carbons (Fsp3) is 0.583. The molecule has 17 heavy (non-hydrogen) atoms. The van der Waals surface area contributed by atoms with Crippen LogP contribution in [0.4, 0.5) is 0 Å². The molecule has 1 aromatic rings. The molecule has 0 spiro atoms. The molecule has 1 N–H and O–H groups in total. The first-order chi connectivity index (χ1) is 7.95. The maximum atomic E-state index is 10.8. The van der Waals surface area contributed by atoms with Crippen LogP contribution in [0.3, 0.4) is 0 Å². The van der Waals surface area contributed by atoms with Crippen molar-refractivity contribution in [2.45, 2.75) is 33.8 Å². The summed E-state index contributed by atoms with van der Waals surface area (Å²) >= 11 is 0. The third-order valence-corrected chi connectivity index (χ3v) is 2.67. The molecule has 1 heterocycles. The van der Waals surface area contributed by atoms with E-state index in [1.54, 1.807) is 14.0 Å². The zero-order chi connectivity index (χ0) is 13.0. The first-order valence-corrected chi connectivity index (χ1v) is 5.50. The molecule has 5 nitrogen and oxygen atoms in total. The van der Waals surface area contributed by atoms with Crippen molar-refractivity contribution in [3.8, 4) is 0 Å². The quantitative estimate of drug-likeness (QED) is 0.841. The molecule has 0 amide bonds. The minimum Gasteiger partial charge on any atom is -0.481 e. The highest BCUT2D eigenvalue weighted by Crippen LogP contribution is 2.16. The monoisotopic (exact) mass is 238 g/mol.